The highest BCUT2D eigenvalue weighted by Gasteiger charge is 2.44. The zero-order chi connectivity index (χ0) is 21.5. The monoisotopic (exact) mass is 424 g/mol. The predicted octanol–water partition coefficient (Wildman–Crippen LogP) is 1.48. The van der Waals surface area contributed by atoms with E-state index >= 15 is 0 Å². The van der Waals surface area contributed by atoms with Gasteiger partial charge in [0.15, 0.2) is 11.6 Å². The lowest BCUT2D eigenvalue weighted by Crippen LogP contribution is -2.39. The number of oxime groups is 1. The standard InChI is InChI=1S/C18H18ClFN4O5/c1-5-28-16(26)18(3)8-12(22-29-18)14-10(19)7-11(20)15(21-14)24-13(25)6-9(2)23(4)17(24)27/h6-7H,5,8H2,1-4H3. The van der Waals surface area contributed by atoms with Crippen LogP contribution in [0, 0.1) is 12.7 Å². The fourth-order valence-corrected chi connectivity index (χ4v) is 3.05. The number of carbonyl (C=O) groups is 1. The molecular formula is C18H18ClFN4O5. The number of ether oxygens (including phenoxy) is 1. The molecule has 0 N–H and O–H groups in total. The van der Waals surface area contributed by atoms with Crippen molar-refractivity contribution in [3.05, 3.63) is 55.2 Å². The average Bonchev–Trinajstić information content (AvgIpc) is 3.05. The number of carbonyl (C=O) groups excluding carboxylic acids is 1. The number of esters is 1. The van der Waals surface area contributed by atoms with Crippen molar-refractivity contribution in [2.45, 2.75) is 32.8 Å². The molecule has 2 aromatic heterocycles. The number of halogens is 2. The van der Waals surface area contributed by atoms with Crippen LogP contribution in [0.4, 0.5) is 4.39 Å². The third-order valence-electron chi connectivity index (χ3n) is 4.53. The van der Waals surface area contributed by atoms with Crippen molar-refractivity contribution in [2.24, 2.45) is 12.2 Å². The maximum Gasteiger partial charge on any atom is 0.353 e. The van der Waals surface area contributed by atoms with Gasteiger partial charge in [-0.15, -0.1) is 0 Å². The summed E-state index contributed by atoms with van der Waals surface area (Å²) in [6.45, 7) is 4.88. The molecule has 1 atom stereocenters. The Morgan fingerprint density at radius 1 is 1.41 bits per heavy atom. The molecule has 0 amide bonds. The number of rotatable bonds is 4. The van der Waals surface area contributed by atoms with Gasteiger partial charge in [0, 0.05) is 25.2 Å². The summed E-state index contributed by atoms with van der Waals surface area (Å²) in [5.74, 6) is -2.11. The highest BCUT2D eigenvalue weighted by Crippen LogP contribution is 2.30. The summed E-state index contributed by atoms with van der Waals surface area (Å²) in [7, 11) is 1.45. The highest BCUT2D eigenvalue weighted by atomic mass is 35.5. The lowest BCUT2D eigenvalue weighted by Gasteiger charge is -2.18. The van der Waals surface area contributed by atoms with E-state index in [0.717, 1.165) is 6.07 Å². The molecule has 0 fully saturated rings. The molecule has 9 nitrogen and oxygen atoms in total. The third kappa shape index (κ3) is 3.55. The molecule has 0 bridgehead atoms. The van der Waals surface area contributed by atoms with Crippen molar-refractivity contribution in [1.29, 1.82) is 0 Å². The zero-order valence-corrected chi connectivity index (χ0v) is 16.9. The second-order valence-electron chi connectivity index (χ2n) is 6.68. The van der Waals surface area contributed by atoms with Crippen LogP contribution in [0.3, 0.4) is 0 Å². The molecule has 0 aliphatic carbocycles. The third-order valence-corrected chi connectivity index (χ3v) is 4.81. The van der Waals surface area contributed by atoms with Gasteiger partial charge in [-0.05, 0) is 26.8 Å². The van der Waals surface area contributed by atoms with E-state index in [1.54, 1.807) is 13.8 Å². The number of pyridine rings is 1. The van der Waals surface area contributed by atoms with Crippen LogP contribution < -0.4 is 11.2 Å². The maximum absolute atomic E-state index is 14.6. The predicted molar refractivity (Wildman–Crippen MR) is 102 cm³/mol. The van der Waals surface area contributed by atoms with Crippen molar-refractivity contribution < 1.29 is 18.8 Å². The first kappa shape index (κ1) is 20.7. The Morgan fingerprint density at radius 2 is 2.10 bits per heavy atom. The first-order valence-electron chi connectivity index (χ1n) is 8.67. The second-order valence-corrected chi connectivity index (χ2v) is 7.09. The fraction of sp³-hybridized carbons (Fsp3) is 0.389. The second kappa shape index (κ2) is 7.43. The molecule has 0 radical (unpaired) electrons. The maximum atomic E-state index is 14.6. The van der Waals surface area contributed by atoms with E-state index in [1.807, 2.05) is 0 Å². The summed E-state index contributed by atoms with van der Waals surface area (Å²) < 4.78 is 21.3. The Kier molecular flexibility index (Phi) is 5.31. The van der Waals surface area contributed by atoms with Crippen LogP contribution in [-0.4, -0.2) is 38.0 Å². The summed E-state index contributed by atoms with van der Waals surface area (Å²) in [5, 5.41) is 3.73. The number of hydrogen-bond acceptors (Lipinski definition) is 7. The van der Waals surface area contributed by atoms with Crippen molar-refractivity contribution in [2.75, 3.05) is 6.61 Å². The number of hydrogen-bond donors (Lipinski definition) is 0. The first-order chi connectivity index (χ1) is 13.6. The Hall–Kier alpha value is -3.01. The van der Waals surface area contributed by atoms with Crippen LogP contribution in [-0.2, 0) is 21.4 Å². The molecule has 29 heavy (non-hydrogen) atoms. The Labute approximate surface area is 169 Å². The van der Waals surface area contributed by atoms with E-state index in [4.69, 9.17) is 21.2 Å². The van der Waals surface area contributed by atoms with Crippen LogP contribution in [0.5, 0.6) is 0 Å². The summed E-state index contributed by atoms with van der Waals surface area (Å²) >= 11 is 6.11. The van der Waals surface area contributed by atoms with Gasteiger partial charge in [0.25, 0.3) is 5.56 Å². The molecular weight excluding hydrogens is 407 g/mol. The molecule has 0 saturated heterocycles. The van der Waals surface area contributed by atoms with Gasteiger partial charge < -0.3 is 14.1 Å². The zero-order valence-electron chi connectivity index (χ0n) is 16.2. The van der Waals surface area contributed by atoms with E-state index in [1.165, 1.54) is 24.6 Å². The van der Waals surface area contributed by atoms with E-state index < -0.39 is 34.5 Å². The van der Waals surface area contributed by atoms with Gasteiger partial charge in [0.05, 0.1) is 11.6 Å². The van der Waals surface area contributed by atoms with Gasteiger partial charge in [-0.2, -0.15) is 0 Å². The van der Waals surface area contributed by atoms with Gasteiger partial charge in [-0.25, -0.2) is 23.5 Å². The van der Waals surface area contributed by atoms with E-state index in [9.17, 15) is 18.8 Å². The summed E-state index contributed by atoms with van der Waals surface area (Å²) in [5.41, 5.74) is -2.34. The van der Waals surface area contributed by atoms with Crippen molar-refractivity contribution in [3.63, 3.8) is 0 Å². The van der Waals surface area contributed by atoms with Crippen LogP contribution >= 0.6 is 11.6 Å². The summed E-state index contributed by atoms with van der Waals surface area (Å²) in [6.07, 6.45) is -0.0373. The largest absolute Gasteiger partial charge is 0.463 e. The molecule has 0 saturated carbocycles. The lowest BCUT2D eigenvalue weighted by molar-refractivity contribution is -0.166. The van der Waals surface area contributed by atoms with Gasteiger partial charge in [0.1, 0.15) is 11.4 Å². The molecule has 1 aliphatic rings. The molecule has 3 rings (SSSR count). The van der Waals surface area contributed by atoms with Crippen LogP contribution in [0.25, 0.3) is 5.82 Å². The smallest absolute Gasteiger partial charge is 0.353 e. The molecule has 11 heteroatoms. The normalized spacial score (nSPS) is 18.3. The van der Waals surface area contributed by atoms with Gasteiger partial charge in [-0.3, -0.25) is 4.79 Å². The first-order valence-corrected chi connectivity index (χ1v) is 9.05. The molecule has 0 aromatic carbocycles. The quantitative estimate of drug-likeness (QED) is 0.688. The van der Waals surface area contributed by atoms with Crippen molar-refractivity contribution >= 4 is 23.3 Å². The van der Waals surface area contributed by atoms with Gasteiger partial charge in [-0.1, -0.05) is 16.8 Å². The summed E-state index contributed by atoms with van der Waals surface area (Å²) in [6, 6.07) is 2.11. The topological polar surface area (TPSA) is 105 Å². The van der Waals surface area contributed by atoms with Crippen LogP contribution in [0.1, 0.15) is 31.7 Å². The minimum Gasteiger partial charge on any atom is -0.463 e. The van der Waals surface area contributed by atoms with Gasteiger partial charge >= 0.3 is 11.7 Å². The Bertz CT molecular complexity index is 1160. The molecule has 1 unspecified atom stereocenters. The SMILES string of the molecule is CCOC(=O)C1(C)CC(c2nc(-n3c(=O)cc(C)n(C)c3=O)c(F)cc2Cl)=NO1. The molecule has 3 heterocycles. The minimum absolute atomic E-state index is 0.00869. The lowest BCUT2D eigenvalue weighted by atomic mass is 9.98. The highest BCUT2D eigenvalue weighted by molar-refractivity contribution is 6.34. The average molecular weight is 425 g/mol. The number of nitrogens with zero attached hydrogens (tertiary/aromatic N) is 4. The molecule has 0 spiro atoms. The molecule has 1 aliphatic heterocycles. The van der Waals surface area contributed by atoms with E-state index in [0.29, 0.717) is 10.3 Å². The van der Waals surface area contributed by atoms with Crippen molar-refractivity contribution in [3.8, 4) is 5.82 Å². The Balaban J connectivity index is 2.10. The van der Waals surface area contributed by atoms with Crippen LogP contribution in [0.15, 0.2) is 26.9 Å². The van der Waals surface area contributed by atoms with Crippen molar-refractivity contribution in [1.82, 2.24) is 14.1 Å². The van der Waals surface area contributed by atoms with E-state index in [-0.39, 0.29) is 29.5 Å². The van der Waals surface area contributed by atoms with Crippen LogP contribution in [0.2, 0.25) is 5.02 Å². The fourth-order valence-electron chi connectivity index (χ4n) is 2.81. The number of aromatic nitrogens is 3. The van der Waals surface area contributed by atoms with Gasteiger partial charge in [0.2, 0.25) is 5.60 Å². The number of aryl methyl sites for hydroxylation is 1. The molecule has 154 valence electrons. The summed E-state index contributed by atoms with van der Waals surface area (Å²) in [4.78, 5) is 46.3. The Morgan fingerprint density at radius 3 is 2.76 bits per heavy atom. The van der Waals surface area contributed by atoms with E-state index in [2.05, 4.69) is 10.1 Å². The molecule has 2 aromatic rings. The minimum atomic E-state index is -1.39.